The van der Waals surface area contributed by atoms with E-state index in [9.17, 15) is 9.59 Å². The standard InChI is InChI=1S/C22H26N2O4/c1-16-4-3-5-20(14-16)28-17(2)21(25)24-12-10-23(11-13-24)15-18-6-8-19(9-7-18)22(26)27/h3-9,14,17H,10-13,15H2,1-2H3,(H,26,27). The van der Waals surface area contributed by atoms with Crippen LogP contribution < -0.4 is 4.74 Å². The lowest BCUT2D eigenvalue weighted by molar-refractivity contribution is -0.139. The molecule has 6 heteroatoms. The van der Waals surface area contributed by atoms with Crippen molar-refractivity contribution >= 4 is 11.9 Å². The molecule has 1 amide bonds. The molecule has 1 aliphatic heterocycles. The molecule has 2 aromatic rings. The molecule has 1 saturated heterocycles. The Morgan fingerprint density at radius 3 is 2.36 bits per heavy atom. The third-order valence-corrected chi connectivity index (χ3v) is 4.94. The van der Waals surface area contributed by atoms with Crippen LogP contribution in [0.3, 0.4) is 0 Å². The molecular weight excluding hydrogens is 356 g/mol. The fourth-order valence-electron chi connectivity index (χ4n) is 3.34. The first-order chi connectivity index (χ1) is 13.4. The van der Waals surface area contributed by atoms with Gasteiger partial charge in [-0.25, -0.2) is 4.79 Å². The van der Waals surface area contributed by atoms with Crippen molar-refractivity contribution in [1.29, 1.82) is 0 Å². The van der Waals surface area contributed by atoms with Crippen molar-refractivity contribution in [2.24, 2.45) is 0 Å². The van der Waals surface area contributed by atoms with E-state index in [2.05, 4.69) is 4.90 Å². The van der Waals surface area contributed by atoms with Gasteiger partial charge in [-0.1, -0.05) is 24.3 Å². The number of piperazine rings is 1. The van der Waals surface area contributed by atoms with Gasteiger partial charge in [-0.15, -0.1) is 0 Å². The highest BCUT2D eigenvalue weighted by molar-refractivity contribution is 5.87. The molecule has 1 heterocycles. The Morgan fingerprint density at radius 2 is 1.75 bits per heavy atom. The zero-order valence-corrected chi connectivity index (χ0v) is 16.3. The van der Waals surface area contributed by atoms with Crippen LogP contribution in [0.2, 0.25) is 0 Å². The summed E-state index contributed by atoms with van der Waals surface area (Å²) in [7, 11) is 0. The summed E-state index contributed by atoms with van der Waals surface area (Å²) < 4.78 is 5.81. The largest absolute Gasteiger partial charge is 0.481 e. The van der Waals surface area contributed by atoms with Crippen LogP contribution in [0, 0.1) is 6.92 Å². The lowest BCUT2D eigenvalue weighted by atomic mass is 10.1. The molecule has 2 aromatic carbocycles. The summed E-state index contributed by atoms with van der Waals surface area (Å²) in [6.07, 6.45) is -0.517. The maximum absolute atomic E-state index is 12.7. The number of ether oxygens (including phenoxy) is 1. The number of carbonyl (C=O) groups excluding carboxylic acids is 1. The number of carboxylic acid groups (broad SMARTS) is 1. The lowest BCUT2D eigenvalue weighted by Crippen LogP contribution is -2.51. The molecule has 3 rings (SSSR count). The van der Waals surface area contributed by atoms with Gasteiger partial charge in [0.2, 0.25) is 0 Å². The molecule has 1 N–H and O–H groups in total. The third kappa shape index (κ3) is 5.10. The predicted molar refractivity (Wildman–Crippen MR) is 107 cm³/mol. The van der Waals surface area contributed by atoms with E-state index < -0.39 is 12.1 Å². The number of aryl methyl sites for hydroxylation is 1. The van der Waals surface area contributed by atoms with Crippen molar-refractivity contribution in [3.05, 3.63) is 65.2 Å². The molecule has 148 valence electrons. The Kier molecular flexibility index (Phi) is 6.31. The molecule has 0 radical (unpaired) electrons. The summed E-state index contributed by atoms with van der Waals surface area (Å²) in [5.41, 5.74) is 2.46. The quantitative estimate of drug-likeness (QED) is 0.832. The maximum atomic E-state index is 12.7. The molecule has 0 saturated carbocycles. The number of carboxylic acids is 1. The van der Waals surface area contributed by atoms with Crippen molar-refractivity contribution in [2.45, 2.75) is 26.5 Å². The molecule has 6 nitrogen and oxygen atoms in total. The fourth-order valence-corrected chi connectivity index (χ4v) is 3.34. The molecule has 0 aliphatic carbocycles. The molecule has 1 aliphatic rings. The maximum Gasteiger partial charge on any atom is 0.335 e. The van der Waals surface area contributed by atoms with Gasteiger partial charge in [-0.2, -0.15) is 0 Å². The fraction of sp³-hybridized carbons (Fsp3) is 0.364. The zero-order valence-electron chi connectivity index (χ0n) is 16.3. The van der Waals surface area contributed by atoms with E-state index in [1.807, 2.05) is 48.2 Å². The Bertz CT molecular complexity index is 827. The van der Waals surface area contributed by atoms with Gasteiger partial charge in [0, 0.05) is 32.7 Å². The van der Waals surface area contributed by atoms with Gasteiger partial charge in [0.1, 0.15) is 5.75 Å². The van der Waals surface area contributed by atoms with Gasteiger partial charge >= 0.3 is 5.97 Å². The third-order valence-electron chi connectivity index (χ3n) is 4.94. The van der Waals surface area contributed by atoms with Gasteiger partial charge in [-0.3, -0.25) is 9.69 Å². The van der Waals surface area contributed by atoms with Crippen LogP contribution in [0.25, 0.3) is 0 Å². The summed E-state index contributed by atoms with van der Waals surface area (Å²) in [5.74, 6) is -0.197. The van der Waals surface area contributed by atoms with Gasteiger partial charge in [0.15, 0.2) is 6.10 Å². The second-order valence-corrected chi connectivity index (χ2v) is 7.18. The first kappa shape index (κ1) is 19.9. The zero-order chi connectivity index (χ0) is 20.1. The van der Waals surface area contributed by atoms with Crippen LogP contribution in [0.1, 0.15) is 28.4 Å². The summed E-state index contributed by atoms with van der Waals surface area (Å²) in [6, 6.07) is 14.7. The van der Waals surface area contributed by atoms with E-state index in [-0.39, 0.29) is 5.91 Å². The molecular formula is C22H26N2O4. The first-order valence-corrected chi connectivity index (χ1v) is 9.49. The average molecular weight is 382 g/mol. The van der Waals surface area contributed by atoms with E-state index in [1.54, 1.807) is 19.1 Å². The molecule has 1 unspecified atom stereocenters. The highest BCUT2D eigenvalue weighted by atomic mass is 16.5. The van der Waals surface area contributed by atoms with Gasteiger partial charge in [0.25, 0.3) is 5.91 Å². The molecule has 28 heavy (non-hydrogen) atoms. The van der Waals surface area contributed by atoms with Crippen LogP contribution in [-0.2, 0) is 11.3 Å². The number of rotatable bonds is 6. The molecule has 0 spiro atoms. The number of hydrogen-bond donors (Lipinski definition) is 1. The molecule has 0 bridgehead atoms. The van der Waals surface area contributed by atoms with Crippen molar-refractivity contribution in [3.8, 4) is 5.75 Å². The Morgan fingerprint density at radius 1 is 1.07 bits per heavy atom. The molecule has 1 fully saturated rings. The van der Waals surface area contributed by atoms with E-state index >= 15 is 0 Å². The SMILES string of the molecule is Cc1cccc(OC(C)C(=O)N2CCN(Cc3ccc(C(=O)O)cc3)CC2)c1. The van der Waals surface area contributed by atoms with Crippen LogP contribution in [-0.4, -0.2) is 59.1 Å². The highest BCUT2D eigenvalue weighted by Gasteiger charge is 2.26. The van der Waals surface area contributed by atoms with E-state index in [0.29, 0.717) is 24.4 Å². The minimum atomic E-state index is -0.916. The van der Waals surface area contributed by atoms with Crippen LogP contribution in [0.15, 0.2) is 48.5 Å². The topological polar surface area (TPSA) is 70.1 Å². The van der Waals surface area contributed by atoms with E-state index in [4.69, 9.17) is 9.84 Å². The van der Waals surface area contributed by atoms with Crippen molar-refractivity contribution in [3.63, 3.8) is 0 Å². The monoisotopic (exact) mass is 382 g/mol. The normalized spacial score (nSPS) is 15.9. The summed E-state index contributed by atoms with van der Waals surface area (Å²) >= 11 is 0. The summed E-state index contributed by atoms with van der Waals surface area (Å²) in [4.78, 5) is 27.7. The van der Waals surface area contributed by atoms with E-state index in [1.165, 1.54) is 0 Å². The minimum Gasteiger partial charge on any atom is -0.481 e. The highest BCUT2D eigenvalue weighted by Crippen LogP contribution is 2.16. The Labute approximate surface area is 165 Å². The number of amides is 1. The Balaban J connectivity index is 1.48. The molecule has 1 atom stereocenters. The second kappa shape index (κ2) is 8.89. The number of aromatic carboxylic acids is 1. The Hall–Kier alpha value is -2.86. The minimum absolute atomic E-state index is 0.00645. The molecule has 0 aromatic heterocycles. The predicted octanol–water partition coefficient (Wildman–Crippen LogP) is 2.80. The van der Waals surface area contributed by atoms with Gasteiger partial charge < -0.3 is 14.7 Å². The van der Waals surface area contributed by atoms with Crippen molar-refractivity contribution in [2.75, 3.05) is 26.2 Å². The van der Waals surface area contributed by atoms with Crippen molar-refractivity contribution in [1.82, 2.24) is 9.80 Å². The second-order valence-electron chi connectivity index (χ2n) is 7.18. The van der Waals surface area contributed by atoms with Crippen LogP contribution in [0.4, 0.5) is 0 Å². The van der Waals surface area contributed by atoms with Gasteiger partial charge in [0.05, 0.1) is 5.56 Å². The number of hydrogen-bond acceptors (Lipinski definition) is 4. The summed E-state index contributed by atoms with van der Waals surface area (Å²) in [6.45, 7) is 7.42. The lowest BCUT2D eigenvalue weighted by Gasteiger charge is -2.36. The smallest absolute Gasteiger partial charge is 0.335 e. The number of nitrogens with zero attached hydrogens (tertiary/aromatic N) is 2. The van der Waals surface area contributed by atoms with E-state index in [0.717, 1.165) is 30.8 Å². The van der Waals surface area contributed by atoms with Gasteiger partial charge in [-0.05, 0) is 49.2 Å². The summed E-state index contributed by atoms with van der Waals surface area (Å²) in [5, 5.41) is 8.97. The number of benzene rings is 2. The first-order valence-electron chi connectivity index (χ1n) is 9.49. The average Bonchev–Trinajstić information content (AvgIpc) is 2.68. The number of carbonyl (C=O) groups is 2. The van der Waals surface area contributed by atoms with Crippen molar-refractivity contribution < 1.29 is 19.4 Å². The van der Waals surface area contributed by atoms with Crippen LogP contribution in [0.5, 0.6) is 5.75 Å². The van der Waals surface area contributed by atoms with Crippen LogP contribution >= 0.6 is 0 Å².